The van der Waals surface area contributed by atoms with Gasteiger partial charge in [-0.1, -0.05) is 6.07 Å². The largest absolute Gasteiger partial charge is 0.322 e. The number of hydrogen-bond donors (Lipinski definition) is 1. The molecule has 0 aliphatic rings. The lowest BCUT2D eigenvalue weighted by molar-refractivity contribution is 0.486. The zero-order chi connectivity index (χ0) is 14.0. The Labute approximate surface area is 116 Å². The summed E-state index contributed by atoms with van der Waals surface area (Å²) < 4.78 is 29.1. The van der Waals surface area contributed by atoms with Crippen LogP contribution >= 0.6 is 15.9 Å². The lowest BCUT2D eigenvalue weighted by Gasteiger charge is -2.15. The van der Waals surface area contributed by atoms with Crippen LogP contribution in [0.15, 0.2) is 45.8 Å². The van der Waals surface area contributed by atoms with Crippen molar-refractivity contribution in [1.82, 2.24) is 4.57 Å². The van der Waals surface area contributed by atoms with E-state index >= 15 is 0 Å². The summed E-state index contributed by atoms with van der Waals surface area (Å²) >= 11 is 3.22. The standard InChI is InChI=1S/C13H11BrF2N2O/c14-8-4-5-12(19)18(6-8)7-11(17)13-9(15)2-1-3-10(13)16/h1-6,11H,7,17H2. The Balaban J connectivity index is 2.33. The molecular formula is C13H11BrF2N2O. The Hall–Kier alpha value is -1.53. The van der Waals surface area contributed by atoms with E-state index in [4.69, 9.17) is 5.73 Å². The number of pyridine rings is 1. The number of nitrogens with two attached hydrogens (primary N) is 1. The van der Waals surface area contributed by atoms with Crippen LogP contribution in [0.4, 0.5) is 8.78 Å². The predicted molar refractivity (Wildman–Crippen MR) is 71.7 cm³/mol. The fourth-order valence-corrected chi connectivity index (χ4v) is 2.19. The minimum atomic E-state index is -0.937. The fourth-order valence-electron chi connectivity index (χ4n) is 1.81. The second-order valence-electron chi connectivity index (χ2n) is 4.08. The van der Waals surface area contributed by atoms with E-state index in [0.29, 0.717) is 4.47 Å². The summed E-state index contributed by atoms with van der Waals surface area (Å²) in [5.41, 5.74) is 5.30. The number of rotatable bonds is 3. The van der Waals surface area contributed by atoms with Gasteiger partial charge in [0.05, 0.1) is 6.04 Å². The molecule has 1 unspecified atom stereocenters. The molecule has 6 heteroatoms. The summed E-state index contributed by atoms with van der Waals surface area (Å²) in [6.45, 7) is -0.00384. The van der Waals surface area contributed by atoms with Gasteiger partial charge in [-0.05, 0) is 34.1 Å². The molecule has 0 amide bonds. The van der Waals surface area contributed by atoms with Crippen LogP contribution in [0, 0.1) is 11.6 Å². The van der Waals surface area contributed by atoms with Gasteiger partial charge in [-0.2, -0.15) is 0 Å². The van der Waals surface area contributed by atoms with E-state index in [1.54, 1.807) is 6.07 Å². The third-order valence-corrected chi connectivity index (χ3v) is 3.18. The van der Waals surface area contributed by atoms with Gasteiger partial charge in [0.25, 0.3) is 5.56 Å². The SMILES string of the molecule is NC(Cn1cc(Br)ccc1=O)c1c(F)cccc1F. The van der Waals surface area contributed by atoms with Crippen LogP contribution in [-0.4, -0.2) is 4.57 Å². The molecule has 1 aromatic heterocycles. The zero-order valence-electron chi connectivity index (χ0n) is 9.82. The number of hydrogen-bond acceptors (Lipinski definition) is 2. The lowest BCUT2D eigenvalue weighted by atomic mass is 10.1. The second kappa shape index (κ2) is 5.63. The Morgan fingerprint density at radius 1 is 1.21 bits per heavy atom. The number of aromatic nitrogens is 1. The van der Waals surface area contributed by atoms with Gasteiger partial charge >= 0.3 is 0 Å². The maximum Gasteiger partial charge on any atom is 0.250 e. The highest BCUT2D eigenvalue weighted by molar-refractivity contribution is 9.10. The minimum Gasteiger partial charge on any atom is -0.322 e. The van der Waals surface area contributed by atoms with Gasteiger partial charge < -0.3 is 10.3 Å². The second-order valence-corrected chi connectivity index (χ2v) is 5.00. The molecule has 0 saturated heterocycles. The first kappa shape index (κ1) is 13.9. The molecule has 19 heavy (non-hydrogen) atoms. The Morgan fingerprint density at radius 2 is 1.84 bits per heavy atom. The fraction of sp³-hybridized carbons (Fsp3) is 0.154. The Kier molecular flexibility index (Phi) is 4.11. The van der Waals surface area contributed by atoms with E-state index in [9.17, 15) is 13.6 Å². The monoisotopic (exact) mass is 328 g/mol. The molecule has 0 bridgehead atoms. The molecule has 100 valence electrons. The number of halogens is 3. The molecule has 1 heterocycles. The van der Waals surface area contributed by atoms with Crippen LogP contribution in [0.3, 0.4) is 0 Å². The smallest absolute Gasteiger partial charge is 0.250 e. The summed E-state index contributed by atoms with van der Waals surface area (Å²) in [4.78, 5) is 11.6. The highest BCUT2D eigenvalue weighted by atomic mass is 79.9. The van der Waals surface area contributed by atoms with Crippen molar-refractivity contribution in [3.05, 3.63) is 68.6 Å². The maximum absolute atomic E-state index is 13.6. The third kappa shape index (κ3) is 3.08. The maximum atomic E-state index is 13.6. The molecule has 3 nitrogen and oxygen atoms in total. The molecule has 0 aliphatic heterocycles. The molecule has 0 saturated carbocycles. The van der Waals surface area contributed by atoms with Gasteiger partial charge in [0.15, 0.2) is 0 Å². The van der Waals surface area contributed by atoms with Gasteiger partial charge in [-0.25, -0.2) is 8.78 Å². The topological polar surface area (TPSA) is 48.0 Å². The van der Waals surface area contributed by atoms with Crippen molar-refractivity contribution in [2.75, 3.05) is 0 Å². The normalized spacial score (nSPS) is 12.4. The van der Waals surface area contributed by atoms with Crippen molar-refractivity contribution in [2.24, 2.45) is 5.73 Å². The average molecular weight is 329 g/mol. The van der Waals surface area contributed by atoms with Gasteiger partial charge in [0.1, 0.15) is 11.6 Å². The van der Waals surface area contributed by atoms with Crippen LogP contribution in [0.25, 0.3) is 0 Å². The zero-order valence-corrected chi connectivity index (χ0v) is 11.4. The molecule has 0 fully saturated rings. The van der Waals surface area contributed by atoms with E-state index < -0.39 is 17.7 Å². The summed E-state index contributed by atoms with van der Waals surface area (Å²) in [6.07, 6.45) is 1.53. The summed E-state index contributed by atoms with van der Waals surface area (Å²) in [5.74, 6) is -1.42. The molecule has 0 spiro atoms. The first-order valence-electron chi connectivity index (χ1n) is 5.54. The van der Waals surface area contributed by atoms with Gasteiger partial charge in [0.2, 0.25) is 0 Å². The predicted octanol–water partition coefficient (Wildman–Crippen LogP) is 2.59. The van der Waals surface area contributed by atoms with Gasteiger partial charge in [-0.3, -0.25) is 4.79 Å². The third-order valence-electron chi connectivity index (χ3n) is 2.71. The molecule has 2 rings (SSSR count). The summed E-state index contributed by atoms with van der Waals surface area (Å²) in [6, 6.07) is 5.56. The van der Waals surface area contributed by atoms with Crippen LogP contribution in [0.2, 0.25) is 0 Å². The molecule has 2 N–H and O–H groups in total. The van der Waals surface area contributed by atoms with Crippen LogP contribution in [-0.2, 0) is 6.54 Å². The van der Waals surface area contributed by atoms with Crippen LogP contribution in [0.1, 0.15) is 11.6 Å². The molecule has 1 aromatic carbocycles. The van der Waals surface area contributed by atoms with Crippen molar-refractivity contribution >= 4 is 15.9 Å². The summed E-state index contributed by atoms with van der Waals surface area (Å²) in [7, 11) is 0. The molecule has 0 radical (unpaired) electrons. The Morgan fingerprint density at radius 3 is 2.47 bits per heavy atom. The molecule has 1 atom stereocenters. The highest BCUT2D eigenvalue weighted by Gasteiger charge is 2.17. The molecular weight excluding hydrogens is 318 g/mol. The van der Waals surface area contributed by atoms with Gasteiger partial charge in [0, 0.05) is 28.8 Å². The highest BCUT2D eigenvalue weighted by Crippen LogP contribution is 2.20. The van der Waals surface area contributed by atoms with E-state index in [2.05, 4.69) is 15.9 Å². The van der Waals surface area contributed by atoms with Crippen molar-refractivity contribution in [3.8, 4) is 0 Å². The summed E-state index contributed by atoms with van der Waals surface area (Å²) in [5, 5.41) is 0. The van der Waals surface area contributed by atoms with E-state index in [0.717, 1.165) is 12.1 Å². The quantitative estimate of drug-likeness (QED) is 0.941. The first-order chi connectivity index (χ1) is 8.99. The van der Waals surface area contributed by atoms with Crippen molar-refractivity contribution < 1.29 is 8.78 Å². The molecule has 0 aliphatic carbocycles. The van der Waals surface area contributed by atoms with Crippen LogP contribution in [0.5, 0.6) is 0 Å². The average Bonchev–Trinajstić information content (AvgIpc) is 2.33. The van der Waals surface area contributed by atoms with E-state index in [1.165, 1.54) is 22.9 Å². The van der Waals surface area contributed by atoms with Crippen LogP contribution < -0.4 is 11.3 Å². The lowest BCUT2D eigenvalue weighted by Crippen LogP contribution is -2.27. The van der Waals surface area contributed by atoms with Crippen molar-refractivity contribution in [2.45, 2.75) is 12.6 Å². The minimum absolute atomic E-state index is 0.00384. The Bertz CT molecular complexity index is 637. The molecule has 2 aromatic rings. The van der Waals surface area contributed by atoms with E-state index in [1.807, 2.05) is 0 Å². The van der Waals surface area contributed by atoms with E-state index in [-0.39, 0.29) is 17.7 Å². The van der Waals surface area contributed by atoms with Crippen molar-refractivity contribution in [3.63, 3.8) is 0 Å². The number of nitrogens with zero attached hydrogens (tertiary/aromatic N) is 1. The van der Waals surface area contributed by atoms with Gasteiger partial charge in [-0.15, -0.1) is 0 Å². The van der Waals surface area contributed by atoms with Crippen molar-refractivity contribution in [1.29, 1.82) is 0 Å². The number of benzene rings is 1. The first-order valence-corrected chi connectivity index (χ1v) is 6.34.